The van der Waals surface area contributed by atoms with Gasteiger partial charge in [0.1, 0.15) is 17.2 Å². The van der Waals surface area contributed by atoms with Crippen molar-refractivity contribution in [2.75, 3.05) is 4.90 Å². The summed E-state index contributed by atoms with van der Waals surface area (Å²) in [7, 11) is 0. The summed E-state index contributed by atoms with van der Waals surface area (Å²) < 4.78 is 8.74. The molecule has 0 N–H and O–H groups in total. The quantitative estimate of drug-likeness (QED) is 0.193. The van der Waals surface area contributed by atoms with Crippen molar-refractivity contribution < 1.29 is 4.42 Å². The molecule has 6 heterocycles. The van der Waals surface area contributed by atoms with Gasteiger partial charge in [0.15, 0.2) is 0 Å². The second kappa shape index (κ2) is 10.6. The zero-order chi connectivity index (χ0) is 30.6. The molecule has 9 aromatic rings. The standard InChI is InChI=1S/C39H25N5OS/c1-24-19-20-28-26-11-5-13-29(37(26)45-39(28)41-24)32-15-7-17-35(42-32)44(25-9-3-2-4-10-25)36-18-8-16-33(43-36)30-14-6-12-27-31-23-40-22-21-34(31)46-38(27)30/h2-23H,1H3. The first kappa shape index (κ1) is 26.5. The van der Waals surface area contributed by atoms with E-state index >= 15 is 0 Å². The lowest BCUT2D eigenvalue weighted by molar-refractivity contribution is 0.653. The number of benzene rings is 3. The highest BCUT2D eigenvalue weighted by Crippen LogP contribution is 2.41. The second-order valence-electron chi connectivity index (χ2n) is 11.2. The maximum absolute atomic E-state index is 6.33. The van der Waals surface area contributed by atoms with E-state index in [1.165, 1.54) is 14.8 Å². The van der Waals surface area contributed by atoms with Crippen LogP contribution in [-0.4, -0.2) is 19.9 Å². The zero-order valence-electron chi connectivity index (χ0n) is 24.8. The number of furan rings is 1. The lowest BCUT2D eigenvalue weighted by Crippen LogP contribution is -2.13. The third-order valence-corrected chi connectivity index (χ3v) is 9.51. The van der Waals surface area contributed by atoms with Crippen molar-refractivity contribution >= 4 is 70.9 Å². The molecule has 218 valence electrons. The predicted octanol–water partition coefficient (Wildman–Crippen LogP) is 10.6. The first-order chi connectivity index (χ1) is 22.7. The van der Waals surface area contributed by atoms with Gasteiger partial charge in [-0.05, 0) is 67.6 Å². The van der Waals surface area contributed by atoms with Crippen molar-refractivity contribution in [3.05, 3.63) is 139 Å². The normalized spacial score (nSPS) is 11.6. The van der Waals surface area contributed by atoms with Gasteiger partial charge in [0.2, 0.25) is 5.71 Å². The lowest BCUT2D eigenvalue weighted by atomic mass is 10.1. The summed E-state index contributed by atoms with van der Waals surface area (Å²) in [5.74, 6) is 1.52. The van der Waals surface area contributed by atoms with Crippen LogP contribution < -0.4 is 4.90 Å². The third-order valence-electron chi connectivity index (χ3n) is 8.30. The van der Waals surface area contributed by atoms with Crippen molar-refractivity contribution in [1.82, 2.24) is 19.9 Å². The molecule has 0 aliphatic carbocycles. The highest BCUT2D eigenvalue weighted by Gasteiger charge is 2.20. The minimum Gasteiger partial charge on any atom is -0.437 e. The molecule has 46 heavy (non-hydrogen) atoms. The molecule has 0 aliphatic heterocycles. The van der Waals surface area contributed by atoms with Crippen molar-refractivity contribution in [2.45, 2.75) is 6.92 Å². The van der Waals surface area contributed by atoms with E-state index in [9.17, 15) is 0 Å². The summed E-state index contributed by atoms with van der Waals surface area (Å²) in [5, 5.41) is 4.37. The number of hydrogen-bond acceptors (Lipinski definition) is 7. The molecule has 0 amide bonds. The Bertz CT molecular complexity index is 2570. The molecule has 9 rings (SSSR count). The van der Waals surface area contributed by atoms with Crippen LogP contribution in [0.4, 0.5) is 17.3 Å². The van der Waals surface area contributed by atoms with E-state index in [2.05, 4.69) is 81.6 Å². The molecule has 0 radical (unpaired) electrons. The number of pyridine rings is 4. The van der Waals surface area contributed by atoms with Gasteiger partial charge >= 0.3 is 0 Å². The summed E-state index contributed by atoms with van der Waals surface area (Å²) >= 11 is 1.77. The van der Waals surface area contributed by atoms with Gasteiger partial charge in [-0.1, -0.05) is 60.7 Å². The smallest absolute Gasteiger partial charge is 0.227 e. The molecular formula is C39H25N5OS. The van der Waals surface area contributed by atoms with Crippen molar-refractivity contribution in [2.24, 2.45) is 0 Å². The van der Waals surface area contributed by atoms with E-state index in [0.717, 1.165) is 67.3 Å². The monoisotopic (exact) mass is 611 g/mol. The number of nitrogens with zero attached hydrogens (tertiary/aromatic N) is 5. The highest BCUT2D eigenvalue weighted by molar-refractivity contribution is 7.26. The Kier molecular flexibility index (Phi) is 6.11. The Labute approximate surface area is 268 Å². The second-order valence-corrected chi connectivity index (χ2v) is 12.2. The summed E-state index contributed by atoms with van der Waals surface area (Å²) in [6, 6.07) is 41.2. The number of aromatic nitrogens is 4. The minimum atomic E-state index is 0.635. The zero-order valence-corrected chi connectivity index (χ0v) is 25.6. The average molecular weight is 612 g/mol. The third kappa shape index (κ3) is 4.32. The first-order valence-corrected chi connectivity index (χ1v) is 15.9. The van der Waals surface area contributed by atoms with Crippen LogP contribution in [-0.2, 0) is 0 Å². The number of anilines is 3. The van der Waals surface area contributed by atoms with Crippen LogP contribution in [0.3, 0.4) is 0 Å². The van der Waals surface area contributed by atoms with E-state index in [-0.39, 0.29) is 0 Å². The van der Waals surface area contributed by atoms with Gasteiger partial charge in [0.05, 0.1) is 11.4 Å². The van der Waals surface area contributed by atoms with Crippen LogP contribution in [0.15, 0.2) is 138 Å². The molecule has 0 spiro atoms. The van der Waals surface area contributed by atoms with E-state index in [1.54, 1.807) is 11.3 Å². The van der Waals surface area contributed by atoms with Gasteiger partial charge in [-0.25, -0.2) is 15.0 Å². The number of rotatable bonds is 5. The summed E-state index contributed by atoms with van der Waals surface area (Å²) in [6.07, 6.45) is 3.79. The molecule has 0 unspecified atom stereocenters. The number of thiophene rings is 1. The van der Waals surface area contributed by atoms with Crippen LogP contribution in [0.2, 0.25) is 0 Å². The Morgan fingerprint density at radius 3 is 2.11 bits per heavy atom. The fourth-order valence-electron chi connectivity index (χ4n) is 6.17. The fourth-order valence-corrected chi connectivity index (χ4v) is 7.36. The van der Waals surface area contributed by atoms with Gasteiger partial charge in [0.25, 0.3) is 0 Å². The van der Waals surface area contributed by atoms with E-state index < -0.39 is 0 Å². The molecule has 0 fully saturated rings. The van der Waals surface area contributed by atoms with Gasteiger partial charge < -0.3 is 4.42 Å². The van der Waals surface area contributed by atoms with Gasteiger partial charge in [-0.15, -0.1) is 11.3 Å². The molecule has 0 saturated carbocycles. The molecule has 0 bridgehead atoms. The molecule has 0 saturated heterocycles. The lowest BCUT2D eigenvalue weighted by Gasteiger charge is -2.24. The summed E-state index contributed by atoms with van der Waals surface area (Å²) in [4.78, 5) is 21.6. The van der Waals surface area contributed by atoms with Crippen molar-refractivity contribution in [1.29, 1.82) is 0 Å². The van der Waals surface area contributed by atoms with Crippen LogP contribution >= 0.6 is 11.3 Å². The number of aryl methyl sites for hydroxylation is 1. The number of hydrogen-bond donors (Lipinski definition) is 0. The molecule has 0 atom stereocenters. The van der Waals surface area contributed by atoms with E-state index in [0.29, 0.717) is 5.71 Å². The summed E-state index contributed by atoms with van der Waals surface area (Å²) in [6.45, 7) is 1.97. The molecule has 0 aliphatic rings. The Balaban J connectivity index is 1.20. The average Bonchev–Trinajstić information content (AvgIpc) is 3.67. The van der Waals surface area contributed by atoms with Gasteiger partial charge in [-0.3, -0.25) is 9.88 Å². The number of para-hydroxylation sites is 2. The topological polar surface area (TPSA) is 67.9 Å². The van der Waals surface area contributed by atoms with Gasteiger partial charge in [-0.2, -0.15) is 0 Å². The molecule has 6 nitrogen and oxygen atoms in total. The molecular weight excluding hydrogens is 587 g/mol. The largest absolute Gasteiger partial charge is 0.437 e. The maximum Gasteiger partial charge on any atom is 0.227 e. The maximum atomic E-state index is 6.33. The minimum absolute atomic E-state index is 0.635. The van der Waals surface area contributed by atoms with Gasteiger partial charge in [0, 0.05) is 65.8 Å². The Hall–Kier alpha value is -5.92. The van der Waals surface area contributed by atoms with E-state index in [4.69, 9.17) is 14.4 Å². The van der Waals surface area contributed by atoms with Crippen LogP contribution in [0.5, 0.6) is 0 Å². The first-order valence-electron chi connectivity index (χ1n) is 15.1. The Morgan fingerprint density at radius 1 is 0.587 bits per heavy atom. The molecule has 7 heteroatoms. The SMILES string of the molecule is Cc1ccc2c(n1)oc1c(-c3cccc(N(c4ccccc4)c4cccc(-c5cccc6c5sc5ccncc56)n4)n3)cccc12. The van der Waals surface area contributed by atoms with Crippen molar-refractivity contribution in [3.8, 4) is 22.5 Å². The molecule has 6 aromatic heterocycles. The van der Waals surface area contributed by atoms with Crippen LogP contribution in [0, 0.1) is 6.92 Å². The van der Waals surface area contributed by atoms with E-state index in [1.807, 2.05) is 73.9 Å². The molecule has 3 aromatic carbocycles. The Morgan fingerprint density at radius 2 is 1.30 bits per heavy atom. The van der Waals surface area contributed by atoms with Crippen LogP contribution in [0.1, 0.15) is 5.69 Å². The number of fused-ring (bicyclic) bond motifs is 6. The summed E-state index contributed by atoms with van der Waals surface area (Å²) in [5.41, 5.74) is 7.00. The van der Waals surface area contributed by atoms with Crippen molar-refractivity contribution in [3.63, 3.8) is 0 Å². The highest BCUT2D eigenvalue weighted by atomic mass is 32.1. The predicted molar refractivity (Wildman–Crippen MR) is 188 cm³/mol. The fraction of sp³-hybridized carbons (Fsp3) is 0.0256. The van der Waals surface area contributed by atoms with Crippen LogP contribution in [0.25, 0.3) is 64.8 Å².